The van der Waals surface area contributed by atoms with E-state index in [1.807, 2.05) is 0 Å². The van der Waals surface area contributed by atoms with Crippen LogP contribution in [0.3, 0.4) is 0 Å². The largest absolute Gasteiger partial charge is 0.361 e. The maximum atomic E-state index is 5.84. The average molecular weight is 441 g/mol. The molecule has 2 unspecified atom stereocenters. The summed E-state index contributed by atoms with van der Waals surface area (Å²) in [6, 6.07) is 9.05. The summed E-state index contributed by atoms with van der Waals surface area (Å²) in [6.07, 6.45) is 5.34. The lowest BCUT2D eigenvalue weighted by Crippen LogP contribution is -2.59. The minimum Gasteiger partial charge on any atom is -0.361 e. The third kappa shape index (κ3) is 4.14. The molecule has 0 aromatic heterocycles. The summed E-state index contributed by atoms with van der Waals surface area (Å²) in [4.78, 5) is 5.82. The van der Waals surface area contributed by atoms with Crippen molar-refractivity contribution >= 4 is 33.1 Å². The fourth-order valence-corrected chi connectivity index (χ4v) is 4.95. The third-order valence-electron chi connectivity index (χ3n) is 6.05. The van der Waals surface area contributed by atoms with Crippen LogP contribution in [0.15, 0.2) is 28.7 Å². The van der Waals surface area contributed by atoms with Crippen LogP contribution in [0.1, 0.15) is 37.7 Å². The Morgan fingerprint density at radius 1 is 1.19 bits per heavy atom. The van der Waals surface area contributed by atoms with E-state index in [-0.39, 0.29) is 0 Å². The number of benzene rings is 1. The van der Waals surface area contributed by atoms with Gasteiger partial charge in [0.2, 0.25) is 0 Å². The highest BCUT2D eigenvalue weighted by atomic mass is 79.9. The molecular formula is C20H29BrN2O2S. The first kappa shape index (κ1) is 20.2. The molecule has 0 spiro atoms. The van der Waals surface area contributed by atoms with Gasteiger partial charge in [-0.25, -0.2) is 0 Å². The fraction of sp³-hybridized carbons (Fsp3) is 0.650. The van der Waals surface area contributed by atoms with Crippen LogP contribution in [0.5, 0.6) is 0 Å². The number of methoxy groups -OCH3 is 2. The van der Waals surface area contributed by atoms with Gasteiger partial charge >= 0.3 is 0 Å². The zero-order valence-corrected chi connectivity index (χ0v) is 18.3. The van der Waals surface area contributed by atoms with Crippen molar-refractivity contribution in [3.63, 3.8) is 0 Å². The van der Waals surface area contributed by atoms with Gasteiger partial charge in [0.05, 0.1) is 0 Å². The lowest BCUT2D eigenvalue weighted by Gasteiger charge is -2.49. The molecule has 2 fully saturated rings. The predicted molar refractivity (Wildman–Crippen MR) is 113 cm³/mol. The normalized spacial score (nSPS) is 26.0. The van der Waals surface area contributed by atoms with Crippen LogP contribution < -0.4 is 0 Å². The van der Waals surface area contributed by atoms with Crippen molar-refractivity contribution in [1.82, 2.24) is 9.80 Å². The molecule has 2 aliphatic rings. The maximum Gasteiger partial charge on any atom is 0.169 e. The van der Waals surface area contributed by atoms with E-state index in [1.54, 1.807) is 14.2 Å². The molecule has 1 aromatic carbocycles. The number of ether oxygens (including phenoxy) is 2. The predicted octanol–water partition coefficient (Wildman–Crippen LogP) is 4.06. The SMILES string of the molecule is COC1(OC)CCC(N(C)C(=S)c2ccc(Br)cc2)C(N2CCCC2)C1. The fourth-order valence-electron chi connectivity index (χ4n) is 4.42. The Morgan fingerprint density at radius 3 is 2.38 bits per heavy atom. The topological polar surface area (TPSA) is 24.9 Å². The quantitative estimate of drug-likeness (QED) is 0.507. The van der Waals surface area contributed by atoms with Crippen LogP contribution in [0.25, 0.3) is 0 Å². The van der Waals surface area contributed by atoms with Gasteiger partial charge in [0.1, 0.15) is 4.99 Å². The van der Waals surface area contributed by atoms with E-state index in [0.29, 0.717) is 12.1 Å². The van der Waals surface area contributed by atoms with E-state index in [4.69, 9.17) is 21.7 Å². The van der Waals surface area contributed by atoms with E-state index >= 15 is 0 Å². The molecule has 1 heterocycles. The molecule has 6 heteroatoms. The standard InChI is InChI=1S/C20H29BrN2O2S/c1-22(19(26)15-6-8-16(21)9-7-15)17-10-11-20(24-2,25-3)14-18(17)23-12-4-5-13-23/h6-9,17-18H,4-5,10-14H2,1-3H3. The Bertz CT molecular complexity index is 615. The van der Waals surface area contributed by atoms with E-state index in [2.05, 4.69) is 57.0 Å². The highest BCUT2D eigenvalue weighted by Gasteiger charge is 2.45. The number of likely N-dealkylation sites (N-methyl/N-ethyl adjacent to an activating group) is 1. The molecule has 1 saturated heterocycles. The Morgan fingerprint density at radius 2 is 1.81 bits per heavy atom. The summed E-state index contributed by atoms with van der Waals surface area (Å²) in [7, 11) is 5.67. The van der Waals surface area contributed by atoms with E-state index < -0.39 is 5.79 Å². The molecule has 2 atom stereocenters. The van der Waals surface area contributed by atoms with Crippen LogP contribution in [0, 0.1) is 0 Å². The Hall–Kier alpha value is -0.530. The molecule has 0 radical (unpaired) electrons. The molecule has 4 nitrogen and oxygen atoms in total. The van der Waals surface area contributed by atoms with E-state index in [0.717, 1.165) is 47.4 Å². The molecule has 3 rings (SSSR count). The van der Waals surface area contributed by atoms with Crippen molar-refractivity contribution in [1.29, 1.82) is 0 Å². The minimum absolute atomic E-state index is 0.377. The molecule has 26 heavy (non-hydrogen) atoms. The lowest BCUT2D eigenvalue weighted by atomic mass is 9.83. The van der Waals surface area contributed by atoms with Gasteiger partial charge in [0, 0.05) is 56.2 Å². The van der Waals surface area contributed by atoms with Crippen LogP contribution in [0.2, 0.25) is 0 Å². The Labute approximate surface area is 171 Å². The number of hydrogen-bond donors (Lipinski definition) is 0. The first-order chi connectivity index (χ1) is 12.5. The molecule has 0 N–H and O–H groups in total. The van der Waals surface area contributed by atoms with Crippen LogP contribution in [0.4, 0.5) is 0 Å². The van der Waals surface area contributed by atoms with Crippen molar-refractivity contribution in [3.05, 3.63) is 34.3 Å². The zero-order chi connectivity index (χ0) is 18.7. The third-order valence-corrected chi connectivity index (χ3v) is 7.10. The summed E-state index contributed by atoms with van der Waals surface area (Å²) < 4.78 is 12.7. The number of thiocarbonyl (C=S) groups is 1. The monoisotopic (exact) mass is 440 g/mol. The summed E-state index contributed by atoms with van der Waals surface area (Å²) in [5.41, 5.74) is 1.10. The highest BCUT2D eigenvalue weighted by molar-refractivity contribution is 9.10. The molecule has 144 valence electrons. The smallest absolute Gasteiger partial charge is 0.169 e. The molecule has 1 aliphatic heterocycles. The number of nitrogens with zero attached hydrogens (tertiary/aromatic N) is 2. The van der Waals surface area contributed by atoms with Crippen molar-refractivity contribution in [2.45, 2.75) is 50.0 Å². The second-order valence-electron chi connectivity index (χ2n) is 7.36. The molecule has 1 aliphatic carbocycles. The molecule has 1 saturated carbocycles. The Kier molecular flexibility index (Phi) is 6.73. The molecule has 1 aromatic rings. The van der Waals surface area contributed by atoms with Crippen LogP contribution in [-0.2, 0) is 9.47 Å². The van der Waals surface area contributed by atoms with E-state index in [1.165, 1.54) is 12.8 Å². The lowest BCUT2D eigenvalue weighted by molar-refractivity contribution is -0.237. The van der Waals surface area contributed by atoms with Crippen LogP contribution >= 0.6 is 28.1 Å². The van der Waals surface area contributed by atoms with Gasteiger partial charge in [-0.15, -0.1) is 0 Å². The van der Waals surface area contributed by atoms with Gasteiger partial charge in [-0.05, 0) is 44.5 Å². The number of halogens is 1. The second-order valence-corrected chi connectivity index (χ2v) is 8.66. The van der Waals surface area contributed by atoms with Gasteiger partial charge in [0.25, 0.3) is 0 Å². The Balaban J connectivity index is 1.81. The number of likely N-dealkylation sites (tertiary alicyclic amines) is 1. The summed E-state index contributed by atoms with van der Waals surface area (Å²) >= 11 is 9.34. The second kappa shape index (κ2) is 8.65. The number of hydrogen-bond acceptors (Lipinski definition) is 4. The summed E-state index contributed by atoms with van der Waals surface area (Å²) in [6.45, 7) is 2.31. The highest BCUT2D eigenvalue weighted by Crippen LogP contribution is 2.38. The first-order valence-electron chi connectivity index (χ1n) is 9.37. The average Bonchev–Trinajstić information content (AvgIpc) is 3.21. The van der Waals surface area contributed by atoms with Crippen molar-refractivity contribution in [2.24, 2.45) is 0 Å². The minimum atomic E-state index is -0.468. The van der Waals surface area contributed by atoms with Gasteiger partial charge < -0.3 is 14.4 Å². The zero-order valence-electron chi connectivity index (χ0n) is 15.9. The van der Waals surface area contributed by atoms with Crippen molar-refractivity contribution in [3.8, 4) is 0 Å². The maximum absolute atomic E-state index is 5.84. The van der Waals surface area contributed by atoms with E-state index in [9.17, 15) is 0 Å². The summed E-state index contributed by atoms with van der Waals surface area (Å²) in [5, 5.41) is 0. The molecule has 0 amide bonds. The van der Waals surface area contributed by atoms with Crippen molar-refractivity contribution < 1.29 is 9.47 Å². The molecule has 0 bridgehead atoms. The van der Waals surface area contributed by atoms with Gasteiger partial charge in [-0.1, -0.05) is 40.3 Å². The van der Waals surface area contributed by atoms with Gasteiger partial charge in [0.15, 0.2) is 5.79 Å². The van der Waals surface area contributed by atoms with Gasteiger partial charge in [-0.3, -0.25) is 4.90 Å². The van der Waals surface area contributed by atoms with Crippen LogP contribution in [-0.4, -0.2) is 67.0 Å². The van der Waals surface area contributed by atoms with Crippen molar-refractivity contribution in [2.75, 3.05) is 34.4 Å². The van der Waals surface area contributed by atoms with Gasteiger partial charge in [-0.2, -0.15) is 0 Å². The molecular weight excluding hydrogens is 412 g/mol. The summed E-state index contributed by atoms with van der Waals surface area (Å²) in [5.74, 6) is -0.468. The first-order valence-corrected chi connectivity index (χ1v) is 10.6. The number of rotatable bonds is 5.